The molecule has 2 heterocycles. The minimum absolute atomic E-state index is 0.150. The van der Waals surface area contributed by atoms with Gasteiger partial charge in [0.1, 0.15) is 15.0 Å². The van der Waals surface area contributed by atoms with E-state index >= 15 is 0 Å². The van der Waals surface area contributed by atoms with Crippen molar-refractivity contribution >= 4 is 40.5 Å². The molecule has 0 aliphatic carbocycles. The van der Waals surface area contributed by atoms with E-state index in [4.69, 9.17) is 10.5 Å². The Kier molecular flexibility index (Phi) is 5.55. The van der Waals surface area contributed by atoms with Crippen molar-refractivity contribution in [3.8, 4) is 0 Å². The van der Waals surface area contributed by atoms with Crippen molar-refractivity contribution in [3.05, 3.63) is 13.9 Å². The summed E-state index contributed by atoms with van der Waals surface area (Å²) in [6.07, 6.45) is 1.02. The highest BCUT2D eigenvalue weighted by Crippen LogP contribution is 2.26. The number of amides is 1. The second-order valence-electron chi connectivity index (χ2n) is 7.65. The third-order valence-corrected chi connectivity index (χ3v) is 5.20. The number of hydrogen-bond donors (Lipinski definition) is 2. The van der Waals surface area contributed by atoms with Crippen molar-refractivity contribution in [1.82, 2.24) is 14.9 Å². The molecule has 2 rings (SSSR count). The van der Waals surface area contributed by atoms with Crippen LogP contribution in [0.1, 0.15) is 40.5 Å². The van der Waals surface area contributed by atoms with Crippen LogP contribution in [-0.2, 0) is 11.8 Å². The smallest absolute Gasteiger partial charge is 0.408 e. The van der Waals surface area contributed by atoms with Gasteiger partial charge in [-0.2, -0.15) is 4.98 Å². The molecule has 0 radical (unpaired) electrons. The fourth-order valence-corrected chi connectivity index (χ4v) is 3.22. The first-order valence-corrected chi connectivity index (χ1v) is 9.28. The molecule has 8 nitrogen and oxygen atoms in total. The number of rotatable bonds is 2. The van der Waals surface area contributed by atoms with E-state index in [0.717, 1.165) is 0 Å². The Morgan fingerprint density at radius 2 is 1.92 bits per heavy atom. The first-order chi connectivity index (χ1) is 11.4. The summed E-state index contributed by atoms with van der Waals surface area (Å²) < 4.78 is 7.29. The van der Waals surface area contributed by atoms with E-state index in [0.29, 0.717) is 35.4 Å². The number of aromatic nitrogens is 2. The number of nitrogens with one attached hydrogen (secondary N) is 1. The molecule has 140 valence electrons. The van der Waals surface area contributed by atoms with Crippen LogP contribution in [0, 0.1) is 3.57 Å². The summed E-state index contributed by atoms with van der Waals surface area (Å²) >= 11 is 1.91. The molecule has 3 N–H and O–H groups in total. The largest absolute Gasteiger partial charge is 0.444 e. The average Bonchev–Trinajstić information content (AvgIpc) is 2.47. The van der Waals surface area contributed by atoms with Gasteiger partial charge in [0.05, 0.1) is 0 Å². The molecule has 0 saturated carbocycles. The summed E-state index contributed by atoms with van der Waals surface area (Å²) in [4.78, 5) is 30.6. The van der Waals surface area contributed by atoms with Crippen molar-refractivity contribution in [3.63, 3.8) is 0 Å². The molecule has 1 aliphatic rings. The third kappa shape index (κ3) is 4.77. The van der Waals surface area contributed by atoms with Gasteiger partial charge in [-0.15, -0.1) is 0 Å². The van der Waals surface area contributed by atoms with Crippen LogP contribution in [0.3, 0.4) is 0 Å². The van der Waals surface area contributed by atoms with E-state index < -0.39 is 11.7 Å². The number of piperidine rings is 1. The molecule has 9 heteroatoms. The van der Waals surface area contributed by atoms with Gasteiger partial charge < -0.3 is 20.7 Å². The monoisotopic (exact) mass is 463 g/mol. The van der Waals surface area contributed by atoms with Crippen molar-refractivity contribution in [1.29, 1.82) is 0 Å². The van der Waals surface area contributed by atoms with E-state index in [-0.39, 0.29) is 16.9 Å². The maximum absolute atomic E-state index is 12.2. The maximum Gasteiger partial charge on any atom is 0.408 e. The predicted octanol–water partition coefficient (Wildman–Crippen LogP) is 1.85. The number of hydrogen-bond acceptors (Lipinski definition) is 6. The van der Waals surface area contributed by atoms with Gasteiger partial charge in [-0.05, 0) is 63.1 Å². The lowest BCUT2D eigenvalue weighted by Gasteiger charge is -2.40. The lowest BCUT2D eigenvalue weighted by molar-refractivity contribution is 0.0448. The van der Waals surface area contributed by atoms with E-state index in [9.17, 15) is 9.59 Å². The lowest BCUT2D eigenvalue weighted by Crippen LogP contribution is -2.55. The molecule has 1 aromatic heterocycles. The van der Waals surface area contributed by atoms with Crippen LogP contribution in [0.2, 0.25) is 0 Å². The summed E-state index contributed by atoms with van der Waals surface area (Å²) in [7, 11) is 1.69. The van der Waals surface area contributed by atoms with Gasteiger partial charge in [0.2, 0.25) is 5.95 Å². The molecule has 25 heavy (non-hydrogen) atoms. The standard InChI is InChI=1S/C16H26IN5O3/c1-15(2,3)25-14(24)20-16(4)6-8-22(9-7-16)13-19-11(18)10(17)12(23)21(13)5/h6-9,18H2,1-5H3,(H,20,24). The fraction of sp³-hybridized carbons (Fsp3) is 0.688. The summed E-state index contributed by atoms with van der Waals surface area (Å²) in [6.45, 7) is 8.84. The highest BCUT2D eigenvalue weighted by molar-refractivity contribution is 14.1. The van der Waals surface area contributed by atoms with Crippen molar-refractivity contribution < 1.29 is 9.53 Å². The van der Waals surface area contributed by atoms with E-state index in [1.54, 1.807) is 7.05 Å². The van der Waals surface area contributed by atoms with Crippen LogP contribution < -0.4 is 21.5 Å². The van der Waals surface area contributed by atoms with Crippen molar-refractivity contribution in [2.45, 2.75) is 51.7 Å². The highest BCUT2D eigenvalue weighted by atomic mass is 127. The zero-order valence-electron chi connectivity index (χ0n) is 15.4. The number of ether oxygens (including phenoxy) is 1. The SMILES string of the molecule is Cn1c(N2CCC(C)(NC(=O)OC(C)(C)C)CC2)nc(N)c(I)c1=O. The summed E-state index contributed by atoms with van der Waals surface area (Å²) in [5.41, 5.74) is 4.81. The van der Waals surface area contributed by atoms with Gasteiger partial charge in [0.15, 0.2) is 0 Å². The molecule has 0 bridgehead atoms. The number of nitrogen functional groups attached to an aromatic ring is 1. The average molecular weight is 463 g/mol. The molecule has 1 saturated heterocycles. The number of nitrogens with two attached hydrogens (primary N) is 1. The van der Waals surface area contributed by atoms with Crippen LogP contribution in [0.4, 0.5) is 16.6 Å². The number of nitrogens with zero attached hydrogens (tertiary/aromatic N) is 3. The number of carbonyl (C=O) groups excluding carboxylic acids is 1. The Morgan fingerprint density at radius 1 is 1.36 bits per heavy atom. The van der Waals surface area contributed by atoms with Gasteiger partial charge in [-0.3, -0.25) is 9.36 Å². The quantitative estimate of drug-likeness (QED) is 0.650. The van der Waals surface area contributed by atoms with Crippen LogP contribution in [0.15, 0.2) is 4.79 Å². The van der Waals surface area contributed by atoms with Gasteiger partial charge >= 0.3 is 6.09 Å². The van der Waals surface area contributed by atoms with Crippen LogP contribution in [-0.4, -0.2) is 39.9 Å². The number of halogens is 1. The molecular weight excluding hydrogens is 437 g/mol. The summed E-state index contributed by atoms with van der Waals surface area (Å²) in [5, 5.41) is 2.97. The van der Waals surface area contributed by atoms with E-state index in [2.05, 4.69) is 10.3 Å². The molecule has 1 aliphatic heterocycles. The topological polar surface area (TPSA) is 102 Å². The van der Waals surface area contributed by atoms with Gasteiger partial charge in [0.25, 0.3) is 5.56 Å². The highest BCUT2D eigenvalue weighted by Gasteiger charge is 2.34. The Morgan fingerprint density at radius 3 is 2.44 bits per heavy atom. The Hall–Kier alpha value is -1.52. The normalized spacial score (nSPS) is 17.3. The third-order valence-electron chi connectivity index (χ3n) is 4.19. The van der Waals surface area contributed by atoms with E-state index in [1.165, 1.54) is 4.57 Å². The zero-order valence-corrected chi connectivity index (χ0v) is 17.5. The predicted molar refractivity (Wildman–Crippen MR) is 106 cm³/mol. The Bertz CT molecular complexity index is 718. The van der Waals surface area contributed by atoms with Crippen LogP contribution >= 0.6 is 22.6 Å². The summed E-state index contributed by atoms with van der Waals surface area (Å²) in [6, 6.07) is 0. The van der Waals surface area contributed by atoms with Crippen molar-refractivity contribution in [2.24, 2.45) is 7.05 Å². The van der Waals surface area contributed by atoms with Crippen molar-refractivity contribution in [2.75, 3.05) is 23.7 Å². The second kappa shape index (κ2) is 7.00. The molecule has 1 fully saturated rings. The molecule has 0 aromatic carbocycles. The van der Waals surface area contributed by atoms with Crippen LogP contribution in [0.25, 0.3) is 0 Å². The first kappa shape index (κ1) is 19.8. The van der Waals surface area contributed by atoms with Crippen LogP contribution in [0.5, 0.6) is 0 Å². The minimum atomic E-state index is -0.526. The number of carbonyl (C=O) groups is 1. The Balaban J connectivity index is 2.07. The molecule has 1 amide bonds. The molecule has 0 unspecified atom stereocenters. The Labute approximate surface area is 161 Å². The second-order valence-corrected chi connectivity index (χ2v) is 8.73. The molecule has 0 atom stereocenters. The van der Waals surface area contributed by atoms with Gasteiger partial charge in [0, 0.05) is 25.7 Å². The zero-order chi connectivity index (χ0) is 19.0. The number of anilines is 2. The molecule has 1 aromatic rings. The number of alkyl carbamates (subject to hydrolysis) is 1. The van der Waals surface area contributed by atoms with Gasteiger partial charge in [-0.25, -0.2) is 4.79 Å². The lowest BCUT2D eigenvalue weighted by atomic mass is 9.90. The first-order valence-electron chi connectivity index (χ1n) is 8.20. The summed E-state index contributed by atoms with van der Waals surface area (Å²) in [5.74, 6) is 0.807. The van der Waals surface area contributed by atoms with Gasteiger partial charge in [-0.1, -0.05) is 0 Å². The van der Waals surface area contributed by atoms with E-state index in [1.807, 2.05) is 55.2 Å². The molecular formula is C16H26IN5O3. The maximum atomic E-state index is 12.2. The minimum Gasteiger partial charge on any atom is -0.444 e. The molecule has 0 spiro atoms. The fourth-order valence-electron chi connectivity index (χ4n) is 2.74.